The van der Waals surface area contributed by atoms with Crippen LogP contribution in [0.1, 0.15) is 24.1 Å². The molecule has 0 saturated heterocycles. The maximum absolute atomic E-state index is 13.1. The third-order valence-corrected chi connectivity index (χ3v) is 4.53. The van der Waals surface area contributed by atoms with Gasteiger partial charge in [-0.05, 0) is 48.9 Å². The lowest BCUT2D eigenvalue weighted by Crippen LogP contribution is -2.18. The van der Waals surface area contributed by atoms with E-state index in [0.29, 0.717) is 6.54 Å². The minimum absolute atomic E-state index is 0.158. The van der Waals surface area contributed by atoms with Gasteiger partial charge in [0.15, 0.2) is 0 Å². The maximum Gasteiger partial charge on any atom is 0.138 e. The van der Waals surface area contributed by atoms with Gasteiger partial charge >= 0.3 is 0 Å². The number of rotatable bonds is 6. The second kappa shape index (κ2) is 7.51. The molecular formula is C20H19FN6. The molecule has 0 aliphatic heterocycles. The van der Waals surface area contributed by atoms with Crippen molar-refractivity contribution >= 4 is 0 Å². The Labute approximate surface area is 156 Å². The van der Waals surface area contributed by atoms with Gasteiger partial charge in [0.05, 0.1) is 17.6 Å². The van der Waals surface area contributed by atoms with Crippen molar-refractivity contribution in [3.8, 4) is 16.9 Å². The molecule has 2 N–H and O–H groups in total. The minimum atomic E-state index is -0.249. The molecule has 0 saturated carbocycles. The number of benzene rings is 2. The largest absolute Gasteiger partial charge is 0.306 e. The molecule has 0 unspecified atom stereocenters. The third kappa shape index (κ3) is 3.78. The van der Waals surface area contributed by atoms with Gasteiger partial charge in [0.2, 0.25) is 0 Å². The first-order valence-electron chi connectivity index (χ1n) is 8.67. The van der Waals surface area contributed by atoms with Crippen molar-refractivity contribution in [3.63, 3.8) is 0 Å². The number of aromatic nitrogens is 5. The van der Waals surface area contributed by atoms with Crippen LogP contribution in [0.5, 0.6) is 0 Å². The topological polar surface area (TPSA) is 71.4 Å². The first kappa shape index (κ1) is 17.1. The number of H-pyrrole nitrogens is 1. The van der Waals surface area contributed by atoms with Gasteiger partial charge < -0.3 is 5.32 Å². The van der Waals surface area contributed by atoms with E-state index in [9.17, 15) is 4.39 Å². The van der Waals surface area contributed by atoms with Gasteiger partial charge in [-0.15, -0.1) is 0 Å². The summed E-state index contributed by atoms with van der Waals surface area (Å²) in [6.45, 7) is 2.76. The molecule has 7 heteroatoms. The van der Waals surface area contributed by atoms with E-state index in [1.165, 1.54) is 24.0 Å². The maximum atomic E-state index is 13.1. The average Bonchev–Trinajstić information content (AvgIpc) is 3.39. The number of hydrogen-bond acceptors (Lipinski definition) is 4. The van der Waals surface area contributed by atoms with Crippen LogP contribution in [-0.2, 0) is 6.54 Å². The highest BCUT2D eigenvalue weighted by molar-refractivity contribution is 5.62. The lowest BCUT2D eigenvalue weighted by Gasteiger charge is -2.15. The number of nitrogens with one attached hydrogen (secondary N) is 2. The SMILES string of the molecule is C[C@@H](NCc1cn[nH]c1-c1ccc(F)cc1)c1ccc(-n2cncn2)cc1. The normalized spacial score (nSPS) is 12.2. The predicted molar refractivity (Wildman–Crippen MR) is 101 cm³/mol. The number of nitrogens with zero attached hydrogens (tertiary/aromatic N) is 4. The lowest BCUT2D eigenvalue weighted by atomic mass is 10.1. The van der Waals surface area contributed by atoms with Gasteiger partial charge in [0.25, 0.3) is 0 Å². The molecule has 2 aromatic heterocycles. The Morgan fingerprint density at radius 1 is 1.11 bits per heavy atom. The van der Waals surface area contributed by atoms with Crippen LogP contribution in [-0.4, -0.2) is 25.0 Å². The van der Waals surface area contributed by atoms with Crippen LogP contribution >= 0.6 is 0 Å². The second-order valence-electron chi connectivity index (χ2n) is 6.31. The van der Waals surface area contributed by atoms with E-state index in [2.05, 4.69) is 44.7 Å². The van der Waals surface area contributed by atoms with E-state index in [4.69, 9.17) is 0 Å². The highest BCUT2D eigenvalue weighted by atomic mass is 19.1. The molecule has 136 valence electrons. The molecular weight excluding hydrogens is 343 g/mol. The average molecular weight is 362 g/mol. The monoisotopic (exact) mass is 362 g/mol. The van der Waals surface area contributed by atoms with Gasteiger partial charge in [0, 0.05) is 23.7 Å². The van der Waals surface area contributed by atoms with Crippen LogP contribution in [0.2, 0.25) is 0 Å². The zero-order chi connectivity index (χ0) is 18.6. The van der Waals surface area contributed by atoms with E-state index < -0.39 is 0 Å². The molecule has 6 nitrogen and oxygen atoms in total. The summed E-state index contributed by atoms with van der Waals surface area (Å²) in [5.41, 5.74) is 4.99. The van der Waals surface area contributed by atoms with Crippen molar-refractivity contribution in [1.29, 1.82) is 0 Å². The molecule has 1 atom stereocenters. The zero-order valence-electron chi connectivity index (χ0n) is 14.8. The van der Waals surface area contributed by atoms with E-state index in [1.54, 1.807) is 29.3 Å². The summed E-state index contributed by atoms with van der Waals surface area (Å²) in [7, 11) is 0. The van der Waals surface area contributed by atoms with Crippen LogP contribution in [0.15, 0.2) is 67.4 Å². The van der Waals surface area contributed by atoms with Crippen molar-refractivity contribution in [3.05, 3.63) is 84.3 Å². The van der Waals surface area contributed by atoms with E-state index in [0.717, 1.165) is 22.5 Å². The quantitative estimate of drug-likeness (QED) is 0.549. The van der Waals surface area contributed by atoms with Gasteiger partial charge in [-0.3, -0.25) is 5.10 Å². The van der Waals surface area contributed by atoms with Crippen LogP contribution in [0.4, 0.5) is 4.39 Å². The van der Waals surface area contributed by atoms with Crippen molar-refractivity contribution in [2.45, 2.75) is 19.5 Å². The summed E-state index contributed by atoms with van der Waals surface area (Å²) in [5, 5.41) is 14.8. The standard InChI is InChI=1S/C20H19FN6/c1-14(15-4-8-19(9-5-15)27-13-22-12-25-27)23-10-17-11-24-26-20(17)16-2-6-18(21)7-3-16/h2-9,11-14,23H,10H2,1H3,(H,24,26)/t14-/m1/s1. The highest BCUT2D eigenvalue weighted by Crippen LogP contribution is 2.22. The smallest absolute Gasteiger partial charge is 0.138 e. The van der Waals surface area contributed by atoms with Crippen molar-refractivity contribution in [1.82, 2.24) is 30.3 Å². The summed E-state index contributed by atoms with van der Waals surface area (Å²) in [6.07, 6.45) is 4.99. The molecule has 0 spiro atoms. The summed E-state index contributed by atoms with van der Waals surface area (Å²) < 4.78 is 14.9. The molecule has 0 radical (unpaired) electrons. The van der Waals surface area contributed by atoms with Crippen molar-refractivity contribution < 1.29 is 4.39 Å². The predicted octanol–water partition coefficient (Wildman–Crippen LogP) is 3.65. The van der Waals surface area contributed by atoms with Gasteiger partial charge in [-0.1, -0.05) is 12.1 Å². The Kier molecular flexibility index (Phi) is 4.76. The zero-order valence-corrected chi connectivity index (χ0v) is 14.8. The molecule has 27 heavy (non-hydrogen) atoms. The molecule has 2 aromatic carbocycles. The molecule has 0 amide bonds. The molecule has 4 aromatic rings. The summed E-state index contributed by atoms with van der Waals surface area (Å²) in [5.74, 6) is -0.249. The molecule has 0 aliphatic rings. The van der Waals surface area contributed by atoms with Crippen LogP contribution in [0.25, 0.3) is 16.9 Å². The first-order valence-corrected chi connectivity index (χ1v) is 8.67. The number of hydrogen-bond donors (Lipinski definition) is 2. The van der Waals surface area contributed by atoms with Crippen LogP contribution in [0.3, 0.4) is 0 Å². The molecule has 4 rings (SSSR count). The Morgan fingerprint density at radius 3 is 2.59 bits per heavy atom. The minimum Gasteiger partial charge on any atom is -0.306 e. The highest BCUT2D eigenvalue weighted by Gasteiger charge is 2.11. The number of halogens is 1. The Bertz CT molecular complexity index is 990. The van der Waals surface area contributed by atoms with Crippen molar-refractivity contribution in [2.24, 2.45) is 0 Å². The molecule has 2 heterocycles. The Morgan fingerprint density at radius 2 is 1.89 bits per heavy atom. The lowest BCUT2D eigenvalue weighted by molar-refractivity contribution is 0.575. The van der Waals surface area contributed by atoms with Crippen LogP contribution < -0.4 is 5.32 Å². The van der Waals surface area contributed by atoms with E-state index >= 15 is 0 Å². The van der Waals surface area contributed by atoms with Crippen LogP contribution in [0, 0.1) is 5.82 Å². The summed E-state index contributed by atoms with van der Waals surface area (Å²) >= 11 is 0. The Balaban J connectivity index is 1.43. The van der Waals surface area contributed by atoms with E-state index in [-0.39, 0.29) is 11.9 Å². The summed E-state index contributed by atoms with van der Waals surface area (Å²) in [4.78, 5) is 3.96. The fourth-order valence-corrected chi connectivity index (χ4v) is 2.95. The second-order valence-corrected chi connectivity index (χ2v) is 6.31. The number of aromatic amines is 1. The fraction of sp³-hybridized carbons (Fsp3) is 0.150. The van der Waals surface area contributed by atoms with Gasteiger partial charge in [-0.25, -0.2) is 14.1 Å². The molecule has 0 bridgehead atoms. The van der Waals surface area contributed by atoms with Crippen molar-refractivity contribution in [2.75, 3.05) is 0 Å². The van der Waals surface area contributed by atoms with Gasteiger partial charge in [0.1, 0.15) is 18.5 Å². The first-order chi connectivity index (χ1) is 13.2. The van der Waals surface area contributed by atoms with E-state index in [1.807, 2.05) is 12.1 Å². The molecule has 0 fully saturated rings. The third-order valence-electron chi connectivity index (χ3n) is 4.53. The molecule has 0 aliphatic carbocycles. The Hall–Kier alpha value is -3.32. The fourth-order valence-electron chi connectivity index (χ4n) is 2.95. The van der Waals surface area contributed by atoms with Gasteiger partial charge in [-0.2, -0.15) is 10.2 Å². The summed E-state index contributed by atoms with van der Waals surface area (Å²) in [6, 6.07) is 14.7.